The van der Waals surface area contributed by atoms with E-state index in [1.165, 1.54) is 57.9 Å². The number of nitrogens with zero attached hydrogens (tertiary/aromatic N) is 2. The molecule has 1 aromatic carbocycles. The topological polar surface area (TPSA) is 54.3 Å². The number of carbonyl (C=O) groups excluding carboxylic acids is 1. The Morgan fingerprint density at radius 1 is 1.06 bits per heavy atom. The van der Waals surface area contributed by atoms with E-state index in [0.29, 0.717) is 17.8 Å². The van der Waals surface area contributed by atoms with Crippen molar-refractivity contribution >= 4 is 22.4 Å². The molecule has 1 N–H and O–H groups in total. The smallest absolute Gasteiger partial charge is 0.258 e. The minimum atomic E-state index is 0.0504. The molecule has 0 radical (unpaired) electrons. The van der Waals surface area contributed by atoms with Crippen LogP contribution in [0.4, 0.5) is 5.69 Å². The van der Waals surface area contributed by atoms with Gasteiger partial charge in [-0.3, -0.25) is 9.59 Å². The van der Waals surface area contributed by atoms with Gasteiger partial charge in [0.15, 0.2) is 0 Å². The first-order valence-electron chi connectivity index (χ1n) is 13.6. The number of carbonyl (C=O) groups is 1. The summed E-state index contributed by atoms with van der Waals surface area (Å²) < 4.78 is 1.85. The Kier molecular flexibility index (Phi) is 5.79. The van der Waals surface area contributed by atoms with Gasteiger partial charge in [-0.05, 0) is 119 Å². The first kappa shape index (κ1) is 22.3. The van der Waals surface area contributed by atoms with Crippen molar-refractivity contribution in [1.29, 1.82) is 0 Å². The lowest BCUT2D eigenvalue weighted by Gasteiger charge is -2.56. The quantitative estimate of drug-likeness (QED) is 0.599. The van der Waals surface area contributed by atoms with Gasteiger partial charge in [-0.15, -0.1) is 0 Å². The Morgan fingerprint density at radius 3 is 2.47 bits per heavy atom. The zero-order chi connectivity index (χ0) is 23.3. The fourth-order valence-corrected chi connectivity index (χ4v) is 8.49. The average molecular weight is 462 g/mol. The molecule has 5 heteroatoms. The molecule has 1 aromatic heterocycles. The van der Waals surface area contributed by atoms with Crippen molar-refractivity contribution in [2.24, 2.45) is 23.2 Å². The number of amides is 1. The number of likely N-dealkylation sites (tertiary alicyclic amines) is 1. The summed E-state index contributed by atoms with van der Waals surface area (Å²) in [5.41, 5.74) is 1.06. The Balaban J connectivity index is 1.14. The van der Waals surface area contributed by atoms with Crippen LogP contribution in [0.5, 0.6) is 0 Å². The van der Waals surface area contributed by atoms with Crippen LogP contribution in [0.2, 0.25) is 0 Å². The van der Waals surface area contributed by atoms with Gasteiger partial charge in [0.1, 0.15) is 0 Å². The maximum Gasteiger partial charge on any atom is 0.258 e. The van der Waals surface area contributed by atoms with E-state index < -0.39 is 0 Å². The number of hydrogen-bond acceptors (Lipinski definition) is 3. The fraction of sp³-hybridized carbons (Fsp3) is 0.655. The molecule has 1 atom stereocenters. The van der Waals surface area contributed by atoms with Gasteiger partial charge in [0.2, 0.25) is 5.91 Å². The lowest BCUT2D eigenvalue weighted by molar-refractivity contribution is -0.124. The predicted molar refractivity (Wildman–Crippen MR) is 137 cm³/mol. The number of benzene rings is 1. The van der Waals surface area contributed by atoms with Crippen LogP contribution in [-0.4, -0.2) is 35.0 Å². The summed E-state index contributed by atoms with van der Waals surface area (Å²) in [6.07, 6.45) is 15.2. The third-order valence-corrected chi connectivity index (χ3v) is 9.60. The molecule has 1 unspecified atom stereocenters. The molecule has 4 aliphatic carbocycles. The zero-order valence-corrected chi connectivity index (χ0v) is 20.6. The van der Waals surface area contributed by atoms with Crippen LogP contribution < -0.4 is 10.9 Å². The number of fused-ring (bicyclic) bond motifs is 1. The molecule has 1 saturated heterocycles. The Labute approximate surface area is 202 Å². The van der Waals surface area contributed by atoms with Gasteiger partial charge in [0.25, 0.3) is 5.56 Å². The van der Waals surface area contributed by atoms with Gasteiger partial charge in [-0.1, -0.05) is 6.07 Å². The summed E-state index contributed by atoms with van der Waals surface area (Å²) in [6, 6.07) is 8.42. The van der Waals surface area contributed by atoms with Gasteiger partial charge >= 0.3 is 0 Å². The maximum absolute atomic E-state index is 13.2. The molecule has 7 rings (SSSR count). The van der Waals surface area contributed by atoms with Gasteiger partial charge in [-0.2, -0.15) is 0 Å². The van der Waals surface area contributed by atoms with Crippen LogP contribution in [0.25, 0.3) is 10.8 Å². The number of pyridine rings is 1. The van der Waals surface area contributed by atoms with Gasteiger partial charge in [0, 0.05) is 41.7 Å². The molecule has 34 heavy (non-hydrogen) atoms. The van der Waals surface area contributed by atoms with E-state index in [-0.39, 0.29) is 16.9 Å². The average Bonchev–Trinajstić information content (AvgIpc) is 3.19. The second kappa shape index (κ2) is 8.82. The summed E-state index contributed by atoms with van der Waals surface area (Å²) in [7, 11) is 2.21. The molecule has 2 aromatic rings. The summed E-state index contributed by atoms with van der Waals surface area (Å²) in [6.45, 7) is 1.94. The van der Waals surface area contributed by atoms with E-state index in [1.807, 2.05) is 35.0 Å². The molecule has 5 fully saturated rings. The summed E-state index contributed by atoms with van der Waals surface area (Å²) >= 11 is 0. The summed E-state index contributed by atoms with van der Waals surface area (Å²) in [4.78, 5) is 28.8. The molecular formula is C29H39N3O2. The highest BCUT2D eigenvalue weighted by Gasteiger charge is 2.51. The van der Waals surface area contributed by atoms with Gasteiger partial charge < -0.3 is 14.8 Å². The third kappa shape index (κ3) is 4.21. The monoisotopic (exact) mass is 461 g/mol. The number of aryl methyl sites for hydroxylation is 1. The molecule has 4 saturated carbocycles. The van der Waals surface area contributed by atoms with Crippen molar-refractivity contribution in [3.8, 4) is 0 Å². The number of nitrogens with one attached hydrogen (secondary N) is 1. The van der Waals surface area contributed by atoms with E-state index >= 15 is 0 Å². The van der Waals surface area contributed by atoms with Crippen LogP contribution >= 0.6 is 0 Å². The first-order valence-corrected chi connectivity index (χ1v) is 13.6. The molecule has 1 aliphatic heterocycles. The molecule has 182 valence electrons. The van der Waals surface area contributed by atoms with Crippen molar-refractivity contribution in [3.05, 3.63) is 40.8 Å². The maximum atomic E-state index is 13.2. The molecule has 5 aliphatic rings. The minimum Gasteiger partial charge on any atom is -0.325 e. The van der Waals surface area contributed by atoms with Gasteiger partial charge in [-0.25, -0.2) is 0 Å². The Morgan fingerprint density at radius 2 is 1.79 bits per heavy atom. The van der Waals surface area contributed by atoms with Crippen LogP contribution in [-0.2, 0) is 11.3 Å². The molecule has 5 nitrogen and oxygen atoms in total. The van der Waals surface area contributed by atoms with Crippen LogP contribution in [0.15, 0.2) is 35.3 Å². The molecule has 2 heterocycles. The van der Waals surface area contributed by atoms with Crippen molar-refractivity contribution < 1.29 is 4.79 Å². The highest BCUT2D eigenvalue weighted by Crippen LogP contribution is 2.61. The van der Waals surface area contributed by atoms with Crippen molar-refractivity contribution in [1.82, 2.24) is 9.47 Å². The zero-order valence-electron chi connectivity index (χ0n) is 20.6. The molecule has 4 bridgehead atoms. The summed E-state index contributed by atoms with van der Waals surface area (Å²) in [5, 5.41) is 4.76. The van der Waals surface area contributed by atoms with E-state index in [9.17, 15) is 9.59 Å². The van der Waals surface area contributed by atoms with E-state index in [0.717, 1.165) is 48.2 Å². The highest BCUT2D eigenvalue weighted by atomic mass is 16.1. The van der Waals surface area contributed by atoms with E-state index in [4.69, 9.17) is 0 Å². The van der Waals surface area contributed by atoms with Crippen molar-refractivity contribution in [2.45, 2.75) is 83.2 Å². The lowest BCUT2D eigenvalue weighted by Crippen LogP contribution is -2.47. The number of rotatable bonds is 7. The van der Waals surface area contributed by atoms with Crippen molar-refractivity contribution in [3.63, 3.8) is 0 Å². The Bertz CT molecular complexity index is 1100. The van der Waals surface area contributed by atoms with Crippen LogP contribution in [0, 0.1) is 23.2 Å². The lowest BCUT2D eigenvalue weighted by atomic mass is 9.49. The highest BCUT2D eigenvalue weighted by molar-refractivity contribution is 6.02. The van der Waals surface area contributed by atoms with Crippen molar-refractivity contribution in [2.75, 3.05) is 18.9 Å². The number of hydrogen-bond donors (Lipinski definition) is 1. The molecular weight excluding hydrogens is 422 g/mol. The second-order valence-corrected chi connectivity index (χ2v) is 12.1. The molecule has 0 spiro atoms. The summed E-state index contributed by atoms with van der Waals surface area (Å²) in [5.74, 6) is 2.68. The molecule has 1 amide bonds. The van der Waals surface area contributed by atoms with E-state index in [2.05, 4.69) is 17.3 Å². The number of aromatic nitrogens is 1. The second-order valence-electron chi connectivity index (χ2n) is 12.1. The predicted octanol–water partition coefficient (Wildman–Crippen LogP) is 5.42. The fourth-order valence-electron chi connectivity index (χ4n) is 8.49. The van der Waals surface area contributed by atoms with Crippen LogP contribution in [0.1, 0.15) is 70.6 Å². The normalized spacial score (nSPS) is 32.5. The SMILES string of the molecule is CN1CCCC1CCCn1ccc2c(NC(=O)CC34CC5CC(CC(C5)C3)C4)cccc2c1=O. The number of anilines is 1. The largest absolute Gasteiger partial charge is 0.325 e. The van der Waals surface area contributed by atoms with Crippen LogP contribution in [0.3, 0.4) is 0 Å². The third-order valence-electron chi connectivity index (χ3n) is 9.60. The standard InChI is InChI=1S/C29H39N3O2/c1-31-10-3-5-23(31)6-4-11-32-12-9-24-25(28(32)34)7-2-8-26(24)30-27(33)19-29-16-20-13-21(17-29)15-22(14-20)18-29/h2,7-9,12,20-23H,3-6,10-11,13-19H2,1H3,(H,30,33). The first-order chi connectivity index (χ1) is 16.5. The Hall–Kier alpha value is -2.14. The van der Waals surface area contributed by atoms with Gasteiger partial charge in [0.05, 0.1) is 0 Å². The minimum absolute atomic E-state index is 0.0504. The van der Waals surface area contributed by atoms with E-state index in [1.54, 1.807) is 0 Å².